The average molecular weight is 230 g/mol. The summed E-state index contributed by atoms with van der Waals surface area (Å²) in [5.74, 6) is -0.00685. The van der Waals surface area contributed by atoms with Gasteiger partial charge in [-0.3, -0.25) is 4.79 Å². The number of hydrogen-bond acceptors (Lipinski definition) is 3. The van der Waals surface area contributed by atoms with Crippen molar-refractivity contribution >= 4 is 5.91 Å². The molecule has 0 heterocycles. The standard InChI is InChI=1S/C12H26N2O2/c1-4-6-7-8-14-12(15)11(3)16-10-9-13-5-2/h11,13H,4-10H2,1-3H3,(H,14,15). The van der Waals surface area contributed by atoms with Gasteiger partial charge in [0.25, 0.3) is 0 Å². The van der Waals surface area contributed by atoms with Crippen molar-refractivity contribution in [3.63, 3.8) is 0 Å². The van der Waals surface area contributed by atoms with Crippen LogP contribution in [-0.2, 0) is 9.53 Å². The van der Waals surface area contributed by atoms with E-state index in [1.54, 1.807) is 6.92 Å². The summed E-state index contributed by atoms with van der Waals surface area (Å²) in [7, 11) is 0. The Hall–Kier alpha value is -0.610. The molecular formula is C12H26N2O2. The predicted molar refractivity (Wildman–Crippen MR) is 66.5 cm³/mol. The lowest BCUT2D eigenvalue weighted by Gasteiger charge is -2.13. The van der Waals surface area contributed by atoms with E-state index in [1.165, 1.54) is 6.42 Å². The van der Waals surface area contributed by atoms with Crippen LogP contribution in [0.4, 0.5) is 0 Å². The topological polar surface area (TPSA) is 50.4 Å². The lowest BCUT2D eigenvalue weighted by Crippen LogP contribution is -2.36. The van der Waals surface area contributed by atoms with E-state index in [-0.39, 0.29) is 12.0 Å². The molecule has 0 fully saturated rings. The van der Waals surface area contributed by atoms with E-state index in [0.29, 0.717) is 6.61 Å². The summed E-state index contributed by atoms with van der Waals surface area (Å²) < 4.78 is 5.39. The highest BCUT2D eigenvalue weighted by molar-refractivity contribution is 5.80. The Morgan fingerprint density at radius 3 is 2.62 bits per heavy atom. The molecule has 1 amide bonds. The van der Waals surface area contributed by atoms with Crippen molar-refractivity contribution < 1.29 is 9.53 Å². The monoisotopic (exact) mass is 230 g/mol. The first-order valence-corrected chi connectivity index (χ1v) is 6.32. The Balaban J connectivity index is 3.42. The number of unbranched alkanes of at least 4 members (excludes halogenated alkanes) is 2. The molecule has 0 saturated heterocycles. The molecule has 0 saturated carbocycles. The Morgan fingerprint density at radius 1 is 1.25 bits per heavy atom. The van der Waals surface area contributed by atoms with Gasteiger partial charge in [0.15, 0.2) is 0 Å². The second-order valence-electron chi connectivity index (χ2n) is 3.86. The van der Waals surface area contributed by atoms with E-state index in [4.69, 9.17) is 4.74 Å². The maximum absolute atomic E-state index is 11.5. The highest BCUT2D eigenvalue weighted by Gasteiger charge is 2.11. The first kappa shape index (κ1) is 15.4. The van der Waals surface area contributed by atoms with Gasteiger partial charge in [0, 0.05) is 13.1 Å². The number of likely N-dealkylation sites (N-methyl/N-ethyl adjacent to an activating group) is 1. The summed E-state index contributed by atoms with van der Waals surface area (Å²) in [6, 6.07) is 0. The third-order valence-corrected chi connectivity index (χ3v) is 2.35. The Morgan fingerprint density at radius 2 is 2.00 bits per heavy atom. The van der Waals surface area contributed by atoms with Crippen molar-refractivity contribution in [2.24, 2.45) is 0 Å². The molecule has 0 spiro atoms. The summed E-state index contributed by atoms with van der Waals surface area (Å²) in [6.07, 6.45) is 3.03. The van der Waals surface area contributed by atoms with Crippen molar-refractivity contribution in [3.8, 4) is 0 Å². The van der Waals surface area contributed by atoms with E-state index in [0.717, 1.165) is 32.5 Å². The third-order valence-electron chi connectivity index (χ3n) is 2.35. The van der Waals surface area contributed by atoms with Gasteiger partial charge in [0.1, 0.15) is 6.10 Å². The summed E-state index contributed by atoms with van der Waals surface area (Å²) in [5.41, 5.74) is 0. The van der Waals surface area contributed by atoms with Crippen LogP contribution in [0.1, 0.15) is 40.0 Å². The van der Waals surface area contributed by atoms with Gasteiger partial charge in [-0.1, -0.05) is 26.7 Å². The van der Waals surface area contributed by atoms with E-state index < -0.39 is 0 Å². The van der Waals surface area contributed by atoms with Gasteiger partial charge < -0.3 is 15.4 Å². The number of carbonyl (C=O) groups excluding carboxylic acids is 1. The zero-order valence-electron chi connectivity index (χ0n) is 10.8. The van der Waals surface area contributed by atoms with Gasteiger partial charge in [0.2, 0.25) is 5.91 Å². The molecule has 0 aromatic heterocycles. The molecule has 16 heavy (non-hydrogen) atoms. The Kier molecular flexibility index (Phi) is 10.5. The zero-order valence-corrected chi connectivity index (χ0v) is 10.8. The maximum atomic E-state index is 11.5. The second-order valence-corrected chi connectivity index (χ2v) is 3.86. The minimum absolute atomic E-state index is 0.00685. The fourth-order valence-electron chi connectivity index (χ4n) is 1.29. The van der Waals surface area contributed by atoms with Crippen molar-refractivity contribution in [1.29, 1.82) is 0 Å². The van der Waals surface area contributed by atoms with Gasteiger partial charge in [-0.25, -0.2) is 0 Å². The van der Waals surface area contributed by atoms with Crippen molar-refractivity contribution in [2.45, 2.75) is 46.1 Å². The number of rotatable bonds is 10. The first-order valence-electron chi connectivity index (χ1n) is 6.32. The van der Waals surface area contributed by atoms with Crippen molar-refractivity contribution in [1.82, 2.24) is 10.6 Å². The molecule has 0 bridgehead atoms. The molecule has 0 aliphatic carbocycles. The molecule has 0 aromatic rings. The van der Waals surface area contributed by atoms with Crippen LogP contribution in [0.3, 0.4) is 0 Å². The highest BCUT2D eigenvalue weighted by Crippen LogP contribution is 1.93. The second kappa shape index (κ2) is 10.9. The van der Waals surface area contributed by atoms with Crippen LogP contribution in [0.5, 0.6) is 0 Å². The van der Waals surface area contributed by atoms with Crippen LogP contribution in [0.25, 0.3) is 0 Å². The maximum Gasteiger partial charge on any atom is 0.248 e. The van der Waals surface area contributed by atoms with Crippen LogP contribution in [0.2, 0.25) is 0 Å². The lowest BCUT2D eigenvalue weighted by molar-refractivity contribution is -0.131. The van der Waals surface area contributed by atoms with Gasteiger partial charge in [-0.05, 0) is 19.9 Å². The van der Waals surface area contributed by atoms with E-state index >= 15 is 0 Å². The molecule has 0 radical (unpaired) electrons. The molecule has 2 N–H and O–H groups in total. The van der Waals surface area contributed by atoms with Gasteiger partial charge in [-0.15, -0.1) is 0 Å². The van der Waals surface area contributed by atoms with Crippen LogP contribution in [0, 0.1) is 0 Å². The van der Waals surface area contributed by atoms with Gasteiger partial charge >= 0.3 is 0 Å². The third kappa shape index (κ3) is 8.68. The number of amides is 1. The summed E-state index contributed by atoms with van der Waals surface area (Å²) in [6.45, 7) is 9.05. The largest absolute Gasteiger partial charge is 0.367 e. The van der Waals surface area contributed by atoms with Crippen LogP contribution < -0.4 is 10.6 Å². The number of nitrogens with one attached hydrogen (secondary N) is 2. The molecule has 0 aliphatic rings. The van der Waals surface area contributed by atoms with E-state index in [1.807, 2.05) is 6.92 Å². The van der Waals surface area contributed by atoms with E-state index in [9.17, 15) is 4.79 Å². The number of hydrogen-bond donors (Lipinski definition) is 2. The number of carbonyl (C=O) groups is 1. The predicted octanol–water partition coefficient (Wildman–Crippen LogP) is 1.31. The van der Waals surface area contributed by atoms with Crippen LogP contribution >= 0.6 is 0 Å². The van der Waals surface area contributed by atoms with Crippen LogP contribution in [0.15, 0.2) is 0 Å². The lowest BCUT2D eigenvalue weighted by atomic mass is 10.2. The molecule has 0 aromatic carbocycles. The summed E-state index contributed by atoms with van der Waals surface area (Å²) in [5, 5.41) is 6.02. The van der Waals surface area contributed by atoms with Crippen molar-refractivity contribution in [3.05, 3.63) is 0 Å². The average Bonchev–Trinajstić information content (AvgIpc) is 2.29. The highest BCUT2D eigenvalue weighted by atomic mass is 16.5. The SMILES string of the molecule is CCCCCNC(=O)C(C)OCCNCC. The molecule has 1 unspecified atom stereocenters. The Bertz CT molecular complexity index is 174. The fraction of sp³-hybridized carbons (Fsp3) is 0.917. The van der Waals surface area contributed by atoms with Gasteiger partial charge in [-0.2, -0.15) is 0 Å². The quantitative estimate of drug-likeness (QED) is 0.556. The van der Waals surface area contributed by atoms with Crippen molar-refractivity contribution in [2.75, 3.05) is 26.2 Å². The summed E-state index contributed by atoms with van der Waals surface area (Å²) in [4.78, 5) is 11.5. The van der Waals surface area contributed by atoms with Crippen LogP contribution in [-0.4, -0.2) is 38.3 Å². The zero-order chi connectivity index (χ0) is 12.2. The molecule has 4 heteroatoms. The molecule has 4 nitrogen and oxygen atoms in total. The fourth-order valence-corrected chi connectivity index (χ4v) is 1.29. The normalized spacial score (nSPS) is 12.4. The smallest absolute Gasteiger partial charge is 0.248 e. The Labute approximate surface area is 99.1 Å². The molecular weight excluding hydrogens is 204 g/mol. The molecule has 0 rings (SSSR count). The molecule has 1 atom stereocenters. The molecule has 0 aliphatic heterocycles. The first-order chi connectivity index (χ1) is 7.72. The minimum atomic E-state index is -0.347. The minimum Gasteiger partial charge on any atom is -0.367 e. The summed E-state index contributed by atoms with van der Waals surface area (Å²) >= 11 is 0. The van der Waals surface area contributed by atoms with Gasteiger partial charge in [0.05, 0.1) is 6.61 Å². The molecule has 96 valence electrons. The van der Waals surface area contributed by atoms with E-state index in [2.05, 4.69) is 17.6 Å². The number of ether oxygens (including phenoxy) is 1.